The molecule has 0 aliphatic rings. The van der Waals surface area contributed by atoms with Gasteiger partial charge in [-0.1, -0.05) is 23.4 Å². The average Bonchev–Trinajstić information content (AvgIpc) is 3.45. The zero-order valence-electron chi connectivity index (χ0n) is 17.5. The Morgan fingerprint density at radius 1 is 1.19 bits per heavy atom. The molecule has 2 aromatic heterocycles. The van der Waals surface area contributed by atoms with E-state index in [2.05, 4.69) is 15.5 Å². The number of amides is 1. The highest BCUT2D eigenvalue weighted by Crippen LogP contribution is 2.27. The van der Waals surface area contributed by atoms with E-state index in [1.807, 2.05) is 54.0 Å². The lowest BCUT2D eigenvalue weighted by Crippen LogP contribution is -2.15. The van der Waals surface area contributed by atoms with E-state index in [-0.39, 0.29) is 11.7 Å². The fraction of sp³-hybridized carbons (Fsp3) is 0.174. The molecule has 0 unspecified atom stereocenters. The molecule has 1 amide bonds. The molecule has 2 aromatic carbocycles. The Hall–Kier alpha value is -3.23. The second kappa shape index (κ2) is 9.93. The number of benzene rings is 2. The fourth-order valence-electron chi connectivity index (χ4n) is 3.13. The van der Waals surface area contributed by atoms with Gasteiger partial charge in [0.15, 0.2) is 11.0 Å². The van der Waals surface area contributed by atoms with Gasteiger partial charge in [-0.3, -0.25) is 9.36 Å². The predicted octanol–water partition coefficient (Wildman–Crippen LogP) is 5.29. The van der Waals surface area contributed by atoms with E-state index in [1.54, 1.807) is 25.5 Å². The summed E-state index contributed by atoms with van der Waals surface area (Å²) in [5.41, 5.74) is 2.52. The van der Waals surface area contributed by atoms with Crippen LogP contribution in [0.4, 0.5) is 5.69 Å². The number of methoxy groups -OCH3 is 1. The first-order chi connectivity index (χ1) is 15.5. The number of hydrogen-bond donors (Lipinski definition) is 1. The summed E-state index contributed by atoms with van der Waals surface area (Å²) in [6.07, 6.45) is 1.63. The standard InChI is InChI=1S/C23H21ClN4O3S/c1-15-12-17(24)7-10-20(15)25-21(29)14-32-23-27-26-22(16-5-8-18(30-2)9-6-16)28(23)13-19-4-3-11-31-19/h3-12H,13-14H2,1-2H3,(H,25,29). The second-order valence-corrected chi connectivity index (χ2v) is 8.38. The molecule has 164 valence electrons. The molecular formula is C23H21ClN4O3S. The molecule has 2 heterocycles. The van der Waals surface area contributed by atoms with Gasteiger partial charge in [0.1, 0.15) is 11.5 Å². The summed E-state index contributed by atoms with van der Waals surface area (Å²) in [6, 6.07) is 16.7. The molecule has 4 aromatic rings. The van der Waals surface area contributed by atoms with E-state index in [0.29, 0.717) is 22.5 Å². The Morgan fingerprint density at radius 2 is 2.00 bits per heavy atom. The van der Waals surface area contributed by atoms with E-state index in [1.165, 1.54) is 11.8 Å². The van der Waals surface area contributed by atoms with Crippen molar-refractivity contribution in [2.45, 2.75) is 18.6 Å². The second-order valence-electron chi connectivity index (χ2n) is 7.00. The summed E-state index contributed by atoms with van der Waals surface area (Å²) in [5, 5.41) is 12.9. The molecule has 32 heavy (non-hydrogen) atoms. The van der Waals surface area contributed by atoms with Crippen molar-refractivity contribution in [2.24, 2.45) is 0 Å². The van der Waals surface area contributed by atoms with Crippen LogP contribution in [0.2, 0.25) is 5.02 Å². The van der Waals surface area contributed by atoms with E-state index >= 15 is 0 Å². The van der Waals surface area contributed by atoms with Crippen molar-refractivity contribution in [2.75, 3.05) is 18.2 Å². The predicted molar refractivity (Wildman–Crippen MR) is 125 cm³/mol. The molecular weight excluding hydrogens is 448 g/mol. The monoisotopic (exact) mass is 468 g/mol. The van der Waals surface area contributed by atoms with Crippen LogP contribution in [0.25, 0.3) is 11.4 Å². The van der Waals surface area contributed by atoms with Crippen molar-refractivity contribution < 1.29 is 13.9 Å². The molecule has 0 aliphatic heterocycles. The van der Waals surface area contributed by atoms with Gasteiger partial charge in [-0.2, -0.15) is 0 Å². The maximum atomic E-state index is 12.5. The number of carbonyl (C=O) groups excluding carboxylic acids is 1. The van der Waals surface area contributed by atoms with Crippen molar-refractivity contribution in [1.29, 1.82) is 0 Å². The molecule has 0 fully saturated rings. The number of anilines is 1. The smallest absolute Gasteiger partial charge is 0.234 e. The van der Waals surface area contributed by atoms with Gasteiger partial charge in [0.25, 0.3) is 0 Å². The first-order valence-electron chi connectivity index (χ1n) is 9.82. The number of halogens is 1. The fourth-order valence-corrected chi connectivity index (χ4v) is 4.10. The molecule has 0 aliphatic carbocycles. The van der Waals surface area contributed by atoms with Crippen LogP contribution < -0.4 is 10.1 Å². The lowest BCUT2D eigenvalue weighted by atomic mass is 10.2. The summed E-state index contributed by atoms with van der Waals surface area (Å²) < 4.78 is 12.7. The van der Waals surface area contributed by atoms with Crippen LogP contribution in [0, 0.1) is 6.92 Å². The Kier molecular flexibility index (Phi) is 6.82. The van der Waals surface area contributed by atoms with Crippen LogP contribution >= 0.6 is 23.4 Å². The first-order valence-corrected chi connectivity index (χ1v) is 11.2. The number of ether oxygens (including phenoxy) is 1. The third-order valence-corrected chi connectivity index (χ3v) is 5.96. The number of thioether (sulfide) groups is 1. The normalized spacial score (nSPS) is 10.8. The van der Waals surface area contributed by atoms with Crippen molar-refractivity contribution in [3.8, 4) is 17.1 Å². The van der Waals surface area contributed by atoms with Crippen LogP contribution in [0.1, 0.15) is 11.3 Å². The van der Waals surface area contributed by atoms with Gasteiger partial charge in [0.05, 0.1) is 25.7 Å². The largest absolute Gasteiger partial charge is 0.497 e. The number of furan rings is 1. The third-order valence-electron chi connectivity index (χ3n) is 4.75. The van der Waals surface area contributed by atoms with Crippen molar-refractivity contribution in [1.82, 2.24) is 14.8 Å². The van der Waals surface area contributed by atoms with E-state index in [0.717, 1.165) is 28.3 Å². The maximum Gasteiger partial charge on any atom is 0.234 e. The van der Waals surface area contributed by atoms with Crippen LogP contribution in [0.15, 0.2) is 70.4 Å². The van der Waals surface area contributed by atoms with E-state index < -0.39 is 0 Å². The average molecular weight is 469 g/mol. The zero-order valence-corrected chi connectivity index (χ0v) is 19.1. The van der Waals surface area contributed by atoms with Crippen molar-refractivity contribution >= 4 is 35.0 Å². The highest BCUT2D eigenvalue weighted by Gasteiger charge is 2.17. The van der Waals surface area contributed by atoms with Crippen LogP contribution in [-0.2, 0) is 11.3 Å². The highest BCUT2D eigenvalue weighted by molar-refractivity contribution is 7.99. The van der Waals surface area contributed by atoms with Crippen molar-refractivity contribution in [3.05, 3.63) is 77.2 Å². The molecule has 0 bridgehead atoms. The first kappa shape index (κ1) is 22.0. The van der Waals surface area contributed by atoms with Gasteiger partial charge in [-0.25, -0.2) is 0 Å². The number of rotatable bonds is 8. The van der Waals surface area contributed by atoms with Crippen molar-refractivity contribution in [3.63, 3.8) is 0 Å². The highest BCUT2D eigenvalue weighted by atomic mass is 35.5. The van der Waals surface area contributed by atoms with Gasteiger partial charge in [-0.05, 0) is 67.1 Å². The van der Waals surface area contributed by atoms with E-state index in [9.17, 15) is 4.79 Å². The number of aromatic nitrogens is 3. The van der Waals surface area contributed by atoms with Gasteiger partial charge in [0, 0.05) is 16.3 Å². The molecule has 0 spiro atoms. The van der Waals surface area contributed by atoms with Gasteiger partial charge >= 0.3 is 0 Å². The molecule has 4 rings (SSSR count). The van der Waals surface area contributed by atoms with Gasteiger partial charge in [-0.15, -0.1) is 10.2 Å². The van der Waals surface area contributed by atoms with Crippen LogP contribution in [0.5, 0.6) is 5.75 Å². The summed E-state index contributed by atoms with van der Waals surface area (Å²) in [5.74, 6) is 2.25. The van der Waals surface area contributed by atoms with Crippen LogP contribution in [-0.4, -0.2) is 33.5 Å². The summed E-state index contributed by atoms with van der Waals surface area (Å²) >= 11 is 7.30. The molecule has 0 radical (unpaired) electrons. The van der Waals surface area contributed by atoms with Crippen LogP contribution in [0.3, 0.4) is 0 Å². The lowest BCUT2D eigenvalue weighted by molar-refractivity contribution is -0.113. The van der Waals surface area contributed by atoms with Gasteiger partial charge in [0.2, 0.25) is 5.91 Å². The molecule has 1 N–H and O–H groups in total. The topological polar surface area (TPSA) is 82.2 Å². The zero-order chi connectivity index (χ0) is 22.5. The Morgan fingerprint density at radius 3 is 2.69 bits per heavy atom. The summed E-state index contributed by atoms with van der Waals surface area (Å²) in [7, 11) is 1.62. The molecule has 0 saturated heterocycles. The number of aryl methyl sites for hydroxylation is 1. The Labute approximate surface area is 194 Å². The SMILES string of the molecule is COc1ccc(-c2nnc(SCC(=O)Nc3ccc(Cl)cc3C)n2Cc2ccco2)cc1. The summed E-state index contributed by atoms with van der Waals surface area (Å²) in [4.78, 5) is 12.5. The van der Waals surface area contributed by atoms with E-state index in [4.69, 9.17) is 20.8 Å². The minimum Gasteiger partial charge on any atom is -0.497 e. The lowest BCUT2D eigenvalue weighted by Gasteiger charge is -2.10. The minimum atomic E-state index is -0.140. The molecule has 0 saturated carbocycles. The quantitative estimate of drug-likeness (QED) is 0.354. The number of nitrogens with zero attached hydrogens (tertiary/aromatic N) is 3. The maximum absolute atomic E-state index is 12.5. The number of carbonyl (C=O) groups is 1. The molecule has 7 nitrogen and oxygen atoms in total. The number of nitrogens with one attached hydrogen (secondary N) is 1. The Balaban J connectivity index is 1.53. The number of hydrogen-bond acceptors (Lipinski definition) is 6. The summed E-state index contributed by atoms with van der Waals surface area (Å²) in [6.45, 7) is 2.34. The molecule has 0 atom stereocenters. The molecule has 9 heteroatoms. The Bertz CT molecular complexity index is 1210. The van der Waals surface area contributed by atoms with Gasteiger partial charge < -0.3 is 14.5 Å². The minimum absolute atomic E-state index is 0.140. The third kappa shape index (κ3) is 5.15.